The SMILES string of the molecule is CCN(Cc1cnn(C)c1)C(=O)c1cc(Cn2ccnc2C(C)C)[nH]n1. The molecular formula is C18H25N7O. The topological polar surface area (TPSA) is 84.6 Å². The number of aromatic amines is 1. The number of hydrogen-bond acceptors (Lipinski definition) is 4. The maximum Gasteiger partial charge on any atom is 0.274 e. The molecule has 0 aliphatic rings. The first-order valence-electron chi connectivity index (χ1n) is 8.80. The Hall–Kier alpha value is -2.90. The maximum atomic E-state index is 12.8. The van der Waals surface area contributed by atoms with Crippen molar-refractivity contribution >= 4 is 5.91 Å². The number of nitrogens with one attached hydrogen (secondary N) is 1. The first kappa shape index (κ1) is 17.9. The molecule has 26 heavy (non-hydrogen) atoms. The molecule has 3 aromatic heterocycles. The summed E-state index contributed by atoms with van der Waals surface area (Å²) >= 11 is 0. The monoisotopic (exact) mass is 355 g/mol. The number of nitrogens with zero attached hydrogens (tertiary/aromatic N) is 6. The van der Waals surface area contributed by atoms with Crippen molar-refractivity contribution < 1.29 is 4.79 Å². The van der Waals surface area contributed by atoms with Crippen LogP contribution < -0.4 is 0 Å². The molecule has 0 atom stereocenters. The first-order valence-corrected chi connectivity index (χ1v) is 8.80. The zero-order valence-electron chi connectivity index (χ0n) is 15.7. The van der Waals surface area contributed by atoms with E-state index in [0.29, 0.717) is 31.2 Å². The summed E-state index contributed by atoms with van der Waals surface area (Å²) in [5.74, 6) is 1.26. The van der Waals surface area contributed by atoms with E-state index in [0.717, 1.165) is 17.1 Å². The molecule has 0 saturated carbocycles. The molecule has 0 unspecified atom stereocenters. The van der Waals surface area contributed by atoms with E-state index in [-0.39, 0.29) is 5.91 Å². The molecule has 0 bridgehead atoms. The van der Waals surface area contributed by atoms with E-state index >= 15 is 0 Å². The zero-order valence-corrected chi connectivity index (χ0v) is 15.7. The van der Waals surface area contributed by atoms with Crippen molar-refractivity contribution in [1.82, 2.24) is 34.4 Å². The molecule has 8 nitrogen and oxygen atoms in total. The Morgan fingerprint density at radius 2 is 2.19 bits per heavy atom. The van der Waals surface area contributed by atoms with Gasteiger partial charge in [0, 0.05) is 50.2 Å². The normalized spacial score (nSPS) is 11.3. The Labute approximate surface area is 152 Å². The summed E-state index contributed by atoms with van der Waals surface area (Å²) in [6.45, 7) is 7.92. The molecule has 0 aliphatic heterocycles. The maximum absolute atomic E-state index is 12.8. The van der Waals surface area contributed by atoms with Gasteiger partial charge in [0.25, 0.3) is 5.91 Å². The smallest absolute Gasteiger partial charge is 0.274 e. The minimum Gasteiger partial charge on any atom is -0.333 e. The summed E-state index contributed by atoms with van der Waals surface area (Å²) in [6.07, 6.45) is 7.43. The zero-order chi connectivity index (χ0) is 18.7. The van der Waals surface area contributed by atoms with Crippen LogP contribution >= 0.6 is 0 Å². The molecule has 3 heterocycles. The number of carbonyl (C=O) groups is 1. The van der Waals surface area contributed by atoms with Gasteiger partial charge in [0.1, 0.15) is 11.5 Å². The van der Waals surface area contributed by atoms with Gasteiger partial charge in [-0.25, -0.2) is 4.98 Å². The highest BCUT2D eigenvalue weighted by Gasteiger charge is 2.19. The third-order valence-corrected chi connectivity index (χ3v) is 4.26. The molecule has 1 N–H and O–H groups in total. The molecule has 0 radical (unpaired) electrons. The average molecular weight is 355 g/mol. The molecule has 0 saturated heterocycles. The molecule has 138 valence electrons. The summed E-state index contributed by atoms with van der Waals surface area (Å²) in [4.78, 5) is 18.9. The van der Waals surface area contributed by atoms with E-state index in [9.17, 15) is 4.79 Å². The van der Waals surface area contributed by atoms with Crippen molar-refractivity contribution in [2.45, 2.75) is 39.8 Å². The van der Waals surface area contributed by atoms with Crippen LogP contribution in [0.2, 0.25) is 0 Å². The fourth-order valence-corrected chi connectivity index (χ4v) is 2.95. The minimum atomic E-state index is -0.0893. The second-order valence-corrected chi connectivity index (χ2v) is 6.69. The molecule has 0 aromatic carbocycles. The number of amides is 1. The second kappa shape index (κ2) is 7.55. The Kier molecular flexibility index (Phi) is 5.20. The van der Waals surface area contributed by atoms with Crippen LogP contribution in [-0.4, -0.2) is 46.9 Å². The van der Waals surface area contributed by atoms with Crippen LogP contribution in [0.15, 0.2) is 30.9 Å². The van der Waals surface area contributed by atoms with Gasteiger partial charge < -0.3 is 9.47 Å². The van der Waals surface area contributed by atoms with E-state index in [1.54, 1.807) is 22.0 Å². The van der Waals surface area contributed by atoms with Crippen LogP contribution in [0.25, 0.3) is 0 Å². The fraction of sp³-hybridized carbons (Fsp3) is 0.444. The molecule has 8 heteroatoms. The Morgan fingerprint density at radius 1 is 1.38 bits per heavy atom. The predicted molar refractivity (Wildman–Crippen MR) is 97.6 cm³/mol. The number of rotatable bonds is 7. The standard InChI is InChI=1S/C18H25N7O/c1-5-24(11-14-9-20-23(4)10-14)18(26)16-8-15(21-22-16)12-25-7-6-19-17(25)13(2)3/h6-10,13H,5,11-12H2,1-4H3,(H,21,22). The summed E-state index contributed by atoms with van der Waals surface area (Å²) < 4.78 is 3.80. The van der Waals surface area contributed by atoms with Gasteiger partial charge in [-0.05, 0) is 13.0 Å². The number of imidazole rings is 1. The predicted octanol–water partition coefficient (Wildman–Crippen LogP) is 2.17. The summed E-state index contributed by atoms with van der Waals surface area (Å²) in [6, 6.07) is 1.82. The molecular weight excluding hydrogens is 330 g/mol. The van der Waals surface area contributed by atoms with Gasteiger partial charge in [0.05, 0.1) is 18.4 Å². The number of hydrogen-bond donors (Lipinski definition) is 1. The molecule has 0 aliphatic carbocycles. The van der Waals surface area contributed by atoms with Gasteiger partial charge in [-0.2, -0.15) is 10.2 Å². The Morgan fingerprint density at radius 3 is 2.85 bits per heavy atom. The lowest BCUT2D eigenvalue weighted by Crippen LogP contribution is -2.30. The van der Waals surface area contributed by atoms with Crippen molar-refractivity contribution in [2.24, 2.45) is 7.05 Å². The highest BCUT2D eigenvalue weighted by Crippen LogP contribution is 2.14. The van der Waals surface area contributed by atoms with Crippen LogP contribution in [0.5, 0.6) is 0 Å². The fourth-order valence-electron chi connectivity index (χ4n) is 2.95. The van der Waals surface area contributed by atoms with Gasteiger partial charge >= 0.3 is 0 Å². The van der Waals surface area contributed by atoms with E-state index in [4.69, 9.17) is 0 Å². The van der Waals surface area contributed by atoms with E-state index < -0.39 is 0 Å². The number of carbonyl (C=O) groups excluding carboxylic acids is 1. The van der Waals surface area contributed by atoms with E-state index in [2.05, 4.69) is 38.7 Å². The lowest BCUT2D eigenvalue weighted by molar-refractivity contribution is 0.0746. The molecule has 0 spiro atoms. The molecule has 0 fully saturated rings. The lowest BCUT2D eigenvalue weighted by atomic mass is 10.2. The van der Waals surface area contributed by atoms with Gasteiger partial charge in [-0.1, -0.05) is 13.8 Å². The van der Waals surface area contributed by atoms with Crippen LogP contribution in [0.3, 0.4) is 0 Å². The molecule has 3 aromatic rings. The van der Waals surface area contributed by atoms with Crippen LogP contribution in [0, 0.1) is 0 Å². The van der Waals surface area contributed by atoms with Crippen LogP contribution in [0.4, 0.5) is 0 Å². The highest BCUT2D eigenvalue weighted by atomic mass is 16.2. The van der Waals surface area contributed by atoms with Gasteiger partial charge in [0.2, 0.25) is 0 Å². The number of aryl methyl sites for hydroxylation is 1. The number of aromatic nitrogens is 6. The van der Waals surface area contributed by atoms with Crippen molar-refractivity contribution in [2.75, 3.05) is 6.54 Å². The first-order chi connectivity index (χ1) is 12.5. The van der Waals surface area contributed by atoms with Crippen molar-refractivity contribution in [3.05, 3.63) is 53.6 Å². The number of H-pyrrole nitrogens is 1. The van der Waals surface area contributed by atoms with Gasteiger partial charge in [-0.3, -0.25) is 14.6 Å². The highest BCUT2D eigenvalue weighted by molar-refractivity contribution is 5.92. The van der Waals surface area contributed by atoms with Crippen molar-refractivity contribution in [3.8, 4) is 0 Å². The van der Waals surface area contributed by atoms with E-state index in [1.165, 1.54) is 0 Å². The van der Waals surface area contributed by atoms with Crippen molar-refractivity contribution in [1.29, 1.82) is 0 Å². The second-order valence-electron chi connectivity index (χ2n) is 6.69. The molecule has 3 rings (SSSR count). The third-order valence-electron chi connectivity index (χ3n) is 4.26. The molecule has 1 amide bonds. The van der Waals surface area contributed by atoms with Crippen LogP contribution in [0.1, 0.15) is 54.3 Å². The summed E-state index contributed by atoms with van der Waals surface area (Å²) in [5, 5.41) is 11.3. The van der Waals surface area contributed by atoms with Crippen molar-refractivity contribution in [3.63, 3.8) is 0 Å². The van der Waals surface area contributed by atoms with Gasteiger partial charge in [-0.15, -0.1) is 0 Å². The minimum absolute atomic E-state index is 0.0893. The summed E-state index contributed by atoms with van der Waals surface area (Å²) in [7, 11) is 1.86. The third kappa shape index (κ3) is 3.84. The Balaban J connectivity index is 1.71. The van der Waals surface area contributed by atoms with Gasteiger partial charge in [0.15, 0.2) is 0 Å². The van der Waals surface area contributed by atoms with E-state index in [1.807, 2.05) is 32.4 Å². The Bertz CT molecular complexity index is 874. The summed E-state index contributed by atoms with van der Waals surface area (Å²) in [5.41, 5.74) is 2.31. The quantitative estimate of drug-likeness (QED) is 0.704. The van der Waals surface area contributed by atoms with Crippen LogP contribution in [-0.2, 0) is 20.1 Å². The largest absolute Gasteiger partial charge is 0.333 e. The average Bonchev–Trinajstić information content (AvgIpc) is 3.33. The lowest BCUT2D eigenvalue weighted by Gasteiger charge is -2.18.